The predicted molar refractivity (Wildman–Crippen MR) is 122 cm³/mol. The summed E-state index contributed by atoms with van der Waals surface area (Å²) >= 11 is 6.04. The van der Waals surface area contributed by atoms with E-state index in [1.165, 1.54) is 12.3 Å². The van der Waals surface area contributed by atoms with Crippen LogP contribution in [0, 0.1) is 0 Å². The third-order valence-electron chi connectivity index (χ3n) is 4.50. The van der Waals surface area contributed by atoms with Crippen LogP contribution < -0.4 is 0 Å². The van der Waals surface area contributed by atoms with Crippen LogP contribution in [-0.2, 0) is 0 Å². The normalized spacial score (nSPS) is 11.9. The van der Waals surface area contributed by atoms with Gasteiger partial charge in [-0.05, 0) is 30.7 Å². The van der Waals surface area contributed by atoms with E-state index >= 15 is 0 Å². The van der Waals surface area contributed by atoms with Gasteiger partial charge in [0.2, 0.25) is 0 Å². The number of hydrogen-bond acceptors (Lipinski definition) is 4. The van der Waals surface area contributed by atoms with E-state index in [0.29, 0.717) is 16.5 Å². The van der Waals surface area contributed by atoms with Crippen molar-refractivity contribution in [2.24, 2.45) is 10.1 Å². The Morgan fingerprint density at radius 2 is 1.70 bits per heavy atom. The minimum absolute atomic E-state index is 0.0912. The van der Waals surface area contributed by atoms with Crippen LogP contribution in [0.25, 0.3) is 11.3 Å². The molecule has 1 heterocycles. The Kier molecular flexibility index (Phi) is 5.72. The lowest BCUT2D eigenvalue weighted by molar-refractivity contribution is 0.474. The molecular weight excluding hydrogens is 396 g/mol. The van der Waals surface area contributed by atoms with E-state index in [2.05, 4.69) is 9.98 Å². The average Bonchev–Trinajstić information content (AvgIpc) is 3.18. The van der Waals surface area contributed by atoms with Crippen molar-refractivity contribution in [3.8, 4) is 17.0 Å². The molecule has 0 bridgehead atoms. The van der Waals surface area contributed by atoms with E-state index in [9.17, 15) is 5.11 Å². The van der Waals surface area contributed by atoms with E-state index in [1.54, 1.807) is 16.8 Å². The van der Waals surface area contributed by atoms with Crippen LogP contribution >= 0.6 is 11.6 Å². The van der Waals surface area contributed by atoms with Crippen molar-refractivity contribution in [1.82, 2.24) is 9.66 Å². The molecule has 0 aliphatic rings. The van der Waals surface area contributed by atoms with Gasteiger partial charge in [0.25, 0.3) is 5.95 Å². The van der Waals surface area contributed by atoms with Gasteiger partial charge in [-0.25, -0.2) is 14.7 Å². The summed E-state index contributed by atoms with van der Waals surface area (Å²) in [5, 5.41) is 15.3. The van der Waals surface area contributed by atoms with Crippen LogP contribution in [0.1, 0.15) is 18.1 Å². The minimum Gasteiger partial charge on any atom is -0.507 e. The van der Waals surface area contributed by atoms with Crippen LogP contribution in [0.2, 0.25) is 5.02 Å². The van der Waals surface area contributed by atoms with Gasteiger partial charge in [0.05, 0.1) is 17.6 Å². The van der Waals surface area contributed by atoms with E-state index in [0.717, 1.165) is 22.5 Å². The first kappa shape index (κ1) is 19.6. The number of benzene rings is 3. The molecule has 5 nitrogen and oxygen atoms in total. The third kappa shape index (κ3) is 4.47. The molecule has 6 heteroatoms. The van der Waals surface area contributed by atoms with Gasteiger partial charge in [0, 0.05) is 22.4 Å². The fraction of sp³-hybridized carbons (Fsp3) is 0.0417. The molecule has 4 rings (SSSR count). The largest absolute Gasteiger partial charge is 0.507 e. The lowest BCUT2D eigenvalue weighted by atomic mass is 10.1. The van der Waals surface area contributed by atoms with E-state index in [1.807, 2.05) is 73.8 Å². The van der Waals surface area contributed by atoms with Gasteiger partial charge in [-0.1, -0.05) is 72.3 Å². The fourth-order valence-corrected chi connectivity index (χ4v) is 3.11. The molecule has 0 spiro atoms. The summed E-state index contributed by atoms with van der Waals surface area (Å²) in [7, 11) is 0. The molecule has 0 aliphatic carbocycles. The molecule has 0 amide bonds. The summed E-state index contributed by atoms with van der Waals surface area (Å²) in [5.74, 6) is 0.483. The minimum atomic E-state index is 0.0912. The van der Waals surface area contributed by atoms with Gasteiger partial charge in [-0.2, -0.15) is 5.10 Å². The maximum Gasteiger partial charge on any atom is 0.251 e. The molecule has 1 aromatic heterocycles. The Hall–Kier alpha value is -3.70. The zero-order chi connectivity index (χ0) is 20.9. The summed E-state index contributed by atoms with van der Waals surface area (Å²) in [6, 6.07) is 24.5. The number of phenols is 1. The standard InChI is InChI=1S/C24H19ClN4O/c1-17(18-8-4-2-5-9-18)28-29-16-22(19-10-6-3-7-11-19)27-24(29)26-15-20-14-21(25)12-13-23(20)30/h2-16,30H,1H3/b26-15+,28-17?. The van der Waals surface area contributed by atoms with Crippen LogP contribution in [0.5, 0.6) is 5.75 Å². The van der Waals surface area contributed by atoms with Gasteiger partial charge in [-0.15, -0.1) is 0 Å². The van der Waals surface area contributed by atoms with Crippen LogP contribution in [0.4, 0.5) is 5.95 Å². The highest BCUT2D eigenvalue weighted by molar-refractivity contribution is 6.30. The SMILES string of the molecule is CC(=Nn1cc(-c2ccccc2)nc1/N=C/c1cc(Cl)ccc1O)c1ccccc1. The zero-order valence-electron chi connectivity index (χ0n) is 16.3. The average molecular weight is 415 g/mol. The summed E-state index contributed by atoms with van der Waals surface area (Å²) in [6.07, 6.45) is 3.37. The lowest BCUT2D eigenvalue weighted by Crippen LogP contribution is -1.98. The first-order valence-corrected chi connectivity index (χ1v) is 9.76. The Bertz CT molecular complexity index is 1210. The van der Waals surface area contributed by atoms with E-state index in [4.69, 9.17) is 16.7 Å². The number of aromatic nitrogens is 2. The van der Waals surface area contributed by atoms with Crippen molar-refractivity contribution in [2.45, 2.75) is 6.92 Å². The van der Waals surface area contributed by atoms with Crippen molar-refractivity contribution in [3.63, 3.8) is 0 Å². The molecule has 0 saturated heterocycles. The quantitative estimate of drug-likeness (QED) is 0.411. The topological polar surface area (TPSA) is 62.8 Å². The molecule has 0 unspecified atom stereocenters. The molecule has 4 aromatic rings. The highest BCUT2D eigenvalue weighted by Gasteiger charge is 2.10. The Morgan fingerprint density at radius 3 is 2.43 bits per heavy atom. The third-order valence-corrected chi connectivity index (χ3v) is 4.73. The van der Waals surface area contributed by atoms with Gasteiger partial charge in [-0.3, -0.25) is 0 Å². The molecule has 0 radical (unpaired) electrons. The predicted octanol–water partition coefficient (Wildman–Crippen LogP) is 5.93. The molecule has 0 fully saturated rings. The summed E-state index contributed by atoms with van der Waals surface area (Å²) in [5.41, 5.74) is 4.06. The second kappa shape index (κ2) is 8.76. The lowest BCUT2D eigenvalue weighted by Gasteiger charge is -2.02. The fourth-order valence-electron chi connectivity index (χ4n) is 2.93. The van der Waals surface area contributed by atoms with Crippen molar-refractivity contribution >= 4 is 29.5 Å². The van der Waals surface area contributed by atoms with Crippen LogP contribution in [0.15, 0.2) is 95.2 Å². The summed E-state index contributed by atoms with van der Waals surface area (Å²) in [6.45, 7) is 1.94. The number of nitrogens with zero attached hydrogens (tertiary/aromatic N) is 4. The molecule has 0 aliphatic heterocycles. The van der Waals surface area contributed by atoms with Gasteiger partial charge < -0.3 is 5.11 Å². The van der Waals surface area contributed by atoms with Gasteiger partial charge >= 0.3 is 0 Å². The van der Waals surface area contributed by atoms with Crippen molar-refractivity contribution in [2.75, 3.05) is 0 Å². The Balaban J connectivity index is 1.77. The number of imidazole rings is 1. The molecule has 0 atom stereocenters. The molecule has 0 saturated carbocycles. The summed E-state index contributed by atoms with van der Waals surface area (Å²) < 4.78 is 1.64. The first-order valence-electron chi connectivity index (χ1n) is 9.38. The van der Waals surface area contributed by atoms with Crippen molar-refractivity contribution in [3.05, 3.63) is 101 Å². The zero-order valence-corrected chi connectivity index (χ0v) is 17.0. The van der Waals surface area contributed by atoms with Crippen molar-refractivity contribution < 1.29 is 5.11 Å². The van der Waals surface area contributed by atoms with Gasteiger partial charge in [0.1, 0.15) is 5.75 Å². The number of aliphatic imine (C=N–C) groups is 1. The van der Waals surface area contributed by atoms with Crippen LogP contribution in [-0.4, -0.2) is 26.7 Å². The number of aromatic hydroxyl groups is 1. The second-order valence-corrected chi connectivity index (χ2v) is 7.09. The molecule has 30 heavy (non-hydrogen) atoms. The van der Waals surface area contributed by atoms with Crippen LogP contribution in [0.3, 0.4) is 0 Å². The Morgan fingerprint density at radius 1 is 1.00 bits per heavy atom. The summed E-state index contributed by atoms with van der Waals surface area (Å²) in [4.78, 5) is 9.11. The molecule has 1 N–H and O–H groups in total. The molecular formula is C24H19ClN4O. The molecule has 3 aromatic carbocycles. The number of rotatable bonds is 5. The monoisotopic (exact) mass is 414 g/mol. The highest BCUT2D eigenvalue weighted by Crippen LogP contribution is 2.24. The van der Waals surface area contributed by atoms with E-state index < -0.39 is 0 Å². The maximum atomic E-state index is 10.1. The Labute approximate surface area is 179 Å². The number of phenolic OH excluding ortho intramolecular Hbond substituents is 1. The van der Waals surface area contributed by atoms with E-state index in [-0.39, 0.29) is 5.75 Å². The number of halogens is 1. The number of hydrogen-bond donors (Lipinski definition) is 1. The smallest absolute Gasteiger partial charge is 0.251 e. The highest BCUT2D eigenvalue weighted by atomic mass is 35.5. The van der Waals surface area contributed by atoms with Crippen molar-refractivity contribution in [1.29, 1.82) is 0 Å². The second-order valence-electron chi connectivity index (χ2n) is 6.65. The maximum absolute atomic E-state index is 10.1. The van der Waals surface area contributed by atoms with Gasteiger partial charge in [0.15, 0.2) is 0 Å². The molecule has 148 valence electrons. The first-order chi connectivity index (χ1) is 14.6.